The molecule has 2 aliphatic heterocycles. The molecule has 2 saturated heterocycles. The average molecular weight is 307 g/mol. The Morgan fingerprint density at radius 3 is 2.57 bits per heavy atom. The van der Waals surface area contributed by atoms with Gasteiger partial charge < -0.3 is 0 Å². The van der Waals surface area contributed by atoms with Gasteiger partial charge in [-0.1, -0.05) is 36.4 Å². The first-order chi connectivity index (χ1) is 11.3. The van der Waals surface area contributed by atoms with Crippen molar-refractivity contribution in [2.75, 3.05) is 6.54 Å². The Labute approximate surface area is 134 Å². The number of rotatable bonds is 3. The fourth-order valence-electron chi connectivity index (χ4n) is 3.55. The molecule has 0 spiro atoms. The summed E-state index contributed by atoms with van der Waals surface area (Å²) in [5.41, 5.74) is 1.94. The predicted octanol–water partition coefficient (Wildman–Crippen LogP) is 1.97. The van der Waals surface area contributed by atoms with Crippen LogP contribution in [-0.2, 0) is 16.0 Å². The lowest BCUT2D eigenvalue weighted by Crippen LogP contribution is -2.36. The first kappa shape index (κ1) is 14.1. The third-order valence-electron chi connectivity index (χ3n) is 4.57. The van der Waals surface area contributed by atoms with Crippen LogP contribution in [0.2, 0.25) is 0 Å². The molecule has 0 bridgehead atoms. The van der Waals surface area contributed by atoms with Gasteiger partial charge in [-0.2, -0.15) is 0 Å². The Kier molecular flexibility index (Phi) is 3.42. The quantitative estimate of drug-likeness (QED) is 0.814. The summed E-state index contributed by atoms with van der Waals surface area (Å²) in [6.07, 6.45) is 2.74. The van der Waals surface area contributed by atoms with E-state index in [1.807, 2.05) is 53.5 Å². The van der Waals surface area contributed by atoms with Crippen LogP contribution >= 0.6 is 0 Å². The number of hydrogen-bond acceptors (Lipinski definition) is 4. The molecule has 2 aromatic rings. The summed E-state index contributed by atoms with van der Waals surface area (Å²) in [6.45, 7) is 0.580. The number of carbonyl (C=O) groups excluding carboxylic acids is 2. The largest absolute Gasteiger partial charge is 0.273 e. The number of fused-ring (bicyclic) bond motifs is 1. The van der Waals surface area contributed by atoms with Gasteiger partial charge in [-0.25, -0.2) is 10.0 Å². The van der Waals surface area contributed by atoms with Gasteiger partial charge >= 0.3 is 0 Å². The molecule has 3 heterocycles. The van der Waals surface area contributed by atoms with E-state index in [0.29, 0.717) is 19.4 Å². The molecule has 2 amide bonds. The van der Waals surface area contributed by atoms with Gasteiger partial charge in [-0.3, -0.25) is 14.6 Å². The van der Waals surface area contributed by atoms with Crippen molar-refractivity contribution >= 4 is 11.8 Å². The Balaban J connectivity index is 1.72. The van der Waals surface area contributed by atoms with E-state index >= 15 is 0 Å². The minimum Gasteiger partial charge on any atom is -0.273 e. The summed E-state index contributed by atoms with van der Waals surface area (Å²) >= 11 is 0. The van der Waals surface area contributed by atoms with Crippen LogP contribution in [0.5, 0.6) is 0 Å². The minimum absolute atomic E-state index is 0.105. The topological polar surface area (TPSA) is 53.5 Å². The molecule has 0 aliphatic carbocycles. The molecule has 4 rings (SSSR count). The Morgan fingerprint density at radius 1 is 1.04 bits per heavy atom. The fraction of sp³-hybridized carbons (Fsp3) is 0.278. The molecule has 116 valence electrons. The highest BCUT2D eigenvalue weighted by molar-refractivity contribution is 5.99. The lowest BCUT2D eigenvalue weighted by atomic mass is 9.90. The number of pyridine rings is 1. The van der Waals surface area contributed by atoms with Crippen LogP contribution in [0.3, 0.4) is 0 Å². The van der Waals surface area contributed by atoms with E-state index in [4.69, 9.17) is 0 Å². The van der Waals surface area contributed by atoms with Crippen molar-refractivity contribution in [1.82, 2.24) is 15.0 Å². The van der Waals surface area contributed by atoms with Gasteiger partial charge in [-0.05, 0) is 24.1 Å². The van der Waals surface area contributed by atoms with Crippen LogP contribution in [0.4, 0.5) is 0 Å². The predicted molar refractivity (Wildman–Crippen MR) is 83.8 cm³/mol. The SMILES string of the molecule is O=C1CCN2[C@@H](c3ccccn3)[C@H](Cc3ccccc3)C(=O)N12. The summed E-state index contributed by atoms with van der Waals surface area (Å²) in [5.74, 6) is -0.491. The number of benzene rings is 1. The molecule has 2 atom stereocenters. The number of amides is 2. The second-order valence-electron chi connectivity index (χ2n) is 5.95. The number of hydrazine groups is 1. The molecule has 0 unspecified atom stereocenters. The van der Waals surface area contributed by atoms with E-state index in [1.165, 1.54) is 5.01 Å². The smallest absolute Gasteiger partial charge is 0.249 e. The number of aromatic nitrogens is 1. The van der Waals surface area contributed by atoms with Crippen LogP contribution in [-0.4, -0.2) is 33.4 Å². The Bertz CT molecular complexity index is 732. The van der Waals surface area contributed by atoms with Crippen molar-refractivity contribution < 1.29 is 9.59 Å². The zero-order valence-electron chi connectivity index (χ0n) is 12.6. The molecule has 1 aromatic carbocycles. The number of imide groups is 1. The standard InChI is InChI=1S/C18H17N3O2/c22-16-9-11-20-17(15-8-4-5-10-19-15)14(18(23)21(16)20)12-13-6-2-1-3-7-13/h1-8,10,14,17H,9,11-12H2/t14-,17+/m0/s1. The molecule has 0 radical (unpaired) electrons. The summed E-state index contributed by atoms with van der Waals surface area (Å²) in [7, 11) is 0. The van der Waals surface area contributed by atoms with Gasteiger partial charge in [0.25, 0.3) is 0 Å². The summed E-state index contributed by atoms with van der Waals surface area (Å²) in [4.78, 5) is 29.3. The second kappa shape index (κ2) is 5.59. The lowest BCUT2D eigenvalue weighted by Gasteiger charge is -2.24. The second-order valence-corrected chi connectivity index (χ2v) is 5.95. The summed E-state index contributed by atoms with van der Waals surface area (Å²) < 4.78 is 0. The maximum atomic E-state index is 12.8. The van der Waals surface area contributed by atoms with Gasteiger partial charge in [0.1, 0.15) is 0 Å². The zero-order valence-corrected chi connectivity index (χ0v) is 12.6. The first-order valence-electron chi connectivity index (χ1n) is 7.84. The lowest BCUT2D eigenvalue weighted by molar-refractivity contribution is -0.150. The molecule has 23 heavy (non-hydrogen) atoms. The normalized spacial score (nSPS) is 24.3. The van der Waals surface area contributed by atoms with Crippen LogP contribution in [0, 0.1) is 5.92 Å². The maximum absolute atomic E-state index is 12.8. The zero-order chi connectivity index (χ0) is 15.8. The van der Waals surface area contributed by atoms with Gasteiger partial charge in [0.05, 0.1) is 17.7 Å². The molecule has 1 aromatic heterocycles. The molecular formula is C18H17N3O2. The van der Waals surface area contributed by atoms with Crippen molar-refractivity contribution in [3.05, 3.63) is 66.0 Å². The highest BCUT2D eigenvalue weighted by Crippen LogP contribution is 2.41. The molecule has 2 fully saturated rings. The molecule has 5 heteroatoms. The van der Waals surface area contributed by atoms with E-state index in [1.54, 1.807) is 6.20 Å². The summed E-state index contributed by atoms with van der Waals surface area (Å²) in [6, 6.07) is 15.5. The van der Waals surface area contributed by atoms with Crippen molar-refractivity contribution in [2.45, 2.75) is 18.9 Å². The Morgan fingerprint density at radius 2 is 1.83 bits per heavy atom. The van der Waals surface area contributed by atoms with Gasteiger partial charge in [0.15, 0.2) is 0 Å². The maximum Gasteiger partial charge on any atom is 0.249 e. The average Bonchev–Trinajstić information content (AvgIpc) is 3.09. The fourth-order valence-corrected chi connectivity index (χ4v) is 3.55. The molecular weight excluding hydrogens is 290 g/mol. The molecule has 5 nitrogen and oxygen atoms in total. The van der Waals surface area contributed by atoms with E-state index in [-0.39, 0.29) is 23.8 Å². The van der Waals surface area contributed by atoms with Gasteiger partial charge in [0.2, 0.25) is 11.8 Å². The molecule has 2 aliphatic rings. The van der Waals surface area contributed by atoms with Crippen molar-refractivity contribution in [3.63, 3.8) is 0 Å². The monoisotopic (exact) mass is 307 g/mol. The molecule has 0 saturated carbocycles. The first-order valence-corrected chi connectivity index (χ1v) is 7.84. The van der Waals surface area contributed by atoms with Crippen LogP contribution in [0.1, 0.15) is 23.7 Å². The molecule has 0 N–H and O–H groups in total. The van der Waals surface area contributed by atoms with E-state index in [0.717, 1.165) is 11.3 Å². The third-order valence-corrected chi connectivity index (χ3v) is 4.57. The number of nitrogens with zero attached hydrogens (tertiary/aromatic N) is 3. The summed E-state index contributed by atoms with van der Waals surface area (Å²) in [5, 5.41) is 3.23. The van der Waals surface area contributed by atoms with E-state index in [2.05, 4.69) is 4.98 Å². The van der Waals surface area contributed by atoms with E-state index in [9.17, 15) is 9.59 Å². The van der Waals surface area contributed by atoms with Crippen molar-refractivity contribution in [2.24, 2.45) is 5.92 Å². The van der Waals surface area contributed by atoms with Crippen molar-refractivity contribution in [3.8, 4) is 0 Å². The highest BCUT2D eigenvalue weighted by atomic mass is 16.2. The van der Waals surface area contributed by atoms with Crippen molar-refractivity contribution in [1.29, 1.82) is 0 Å². The third kappa shape index (κ3) is 2.33. The minimum atomic E-state index is -0.281. The van der Waals surface area contributed by atoms with Crippen LogP contribution in [0.25, 0.3) is 0 Å². The van der Waals surface area contributed by atoms with E-state index < -0.39 is 0 Å². The number of hydrogen-bond donors (Lipinski definition) is 0. The van der Waals surface area contributed by atoms with Crippen LogP contribution < -0.4 is 0 Å². The van der Waals surface area contributed by atoms with Gasteiger partial charge in [-0.15, -0.1) is 0 Å². The van der Waals surface area contributed by atoms with Gasteiger partial charge in [0, 0.05) is 19.2 Å². The number of carbonyl (C=O) groups is 2. The Hall–Kier alpha value is -2.53. The van der Waals surface area contributed by atoms with Crippen LogP contribution in [0.15, 0.2) is 54.7 Å². The highest BCUT2D eigenvalue weighted by Gasteiger charge is 2.52.